The number of nitrogens with zero attached hydrogens (tertiary/aromatic N) is 3. The van der Waals surface area contributed by atoms with E-state index < -0.39 is 0 Å². The number of amides is 1. The van der Waals surface area contributed by atoms with Crippen molar-refractivity contribution in [1.82, 2.24) is 9.80 Å². The summed E-state index contributed by atoms with van der Waals surface area (Å²) in [4.78, 5) is 16.9. The molecule has 3 rings (SSSR count). The van der Waals surface area contributed by atoms with Crippen LogP contribution in [0.1, 0.15) is 29.5 Å². The summed E-state index contributed by atoms with van der Waals surface area (Å²) in [5.41, 5.74) is 3.64. The number of carbonyl (C=O) groups excluding carboxylic acids is 1. The van der Waals surface area contributed by atoms with Gasteiger partial charge >= 0.3 is 0 Å². The molecule has 0 radical (unpaired) electrons. The lowest BCUT2D eigenvalue weighted by Gasteiger charge is -2.20. The van der Waals surface area contributed by atoms with Crippen LogP contribution < -0.4 is 9.47 Å². The zero-order valence-electron chi connectivity index (χ0n) is 19.1. The molecular weight excluding hydrogens is 402 g/mol. The van der Waals surface area contributed by atoms with E-state index >= 15 is 0 Å². The molecule has 0 N–H and O–H groups in total. The standard InChI is InChI=1S/C26H31N3O3/c1-28(15-11-21-9-10-24(31-2)25(18-21)32-3)13-4-14-29-16-12-23(26(29)30)17-20-5-7-22(19-27)8-6-20/h5-10,17-18H,4,11-16H2,1-3H3/b23-17+. The number of hydrogen-bond donors (Lipinski definition) is 0. The Balaban J connectivity index is 1.42. The summed E-state index contributed by atoms with van der Waals surface area (Å²) in [6.07, 6.45) is 4.59. The van der Waals surface area contributed by atoms with Gasteiger partial charge in [-0.2, -0.15) is 5.26 Å². The van der Waals surface area contributed by atoms with Gasteiger partial charge in [0.25, 0.3) is 0 Å². The Morgan fingerprint density at radius 3 is 2.53 bits per heavy atom. The van der Waals surface area contributed by atoms with E-state index in [4.69, 9.17) is 14.7 Å². The SMILES string of the molecule is COc1ccc(CCN(C)CCCN2CC/C(=C\c3ccc(C#N)cc3)C2=O)cc1OC. The highest BCUT2D eigenvalue weighted by Gasteiger charge is 2.25. The number of nitriles is 1. The average molecular weight is 434 g/mol. The summed E-state index contributed by atoms with van der Waals surface area (Å²) in [5.74, 6) is 1.62. The minimum absolute atomic E-state index is 0.127. The summed E-state index contributed by atoms with van der Waals surface area (Å²) in [6, 6.07) is 15.5. The molecule has 6 nitrogen and oxygen atoms in total. The van der Waals surface area contributed by atoms with Gasteiger partial charge in [-0.25, -0.2) is 0 Å². The number of hydrogen-bond acceptors (Lipinski definition) is 5. The van der Waals surface area contributed by atoms with Crippen LogP contribution in [-0.4, -0.2) is 63.2 Å². The fourth-order valence-corrected chi connectivity index (χ4v) is 3.87. The molecule has 1 aliphatic rings. The van der Waals surface area contributed by atoms with Crippen molar-refractivity contribution in [3.63, 3.8) is 0 Å². The molecule has 1 saturated heterocycles. The molecule has 0 saturated carbocycles. The van der Waals surface area contributed by atoms with E-state index in [1.807, 2.05) is 35.2 Å². The maximum Gasteiger partial charge on any atom is 0.249 e. The number of likely N-dealkylation sites (tertiary alicyclic amines) is 1. The number of benzene rings is 2. The molecule has 1 aliphatic heterocycles. The summed E-state index contributed by atoms with van der Waals surface area (Å²) in [5, 5.41) is 8.90. The third-order valence-corrected chi connectivity index (χ3v) is 5.79. The predicted octanol–water partition coefficient (Wildman–Crippen LogP) is 3.76. The van der Waals surface area contributed by atoms with Crippen molar-refractivity contribution in [3.05, 3.63) is 64.7 Å². The van der Waals surface area contributed by atoms with E-state index in [0.717, 1.165) is 68.1 Å². The van der Waals surface area contributed by atoms with Crippen LogP contribution in [0.2, 0.25) is 0 Å². The smallest absolute Gasteiger partial charge is 0.249 e. The lowest BCUT2D eigenvalue weighted by Crippen LogP contribution is -2.30. The fraction of sp³-hybridized carbons (Fsp3) is 0.385. The first-order chi connectivity index (χ1) is 15.5. The monoisotopic (exact) mass is 433 g/mol. The van der Waals surface area contributed by atoms with Crippen molar-refractivity contribution in [3.8, 4) is 17.6 Å². The second-order valence-electron chi connectivity index (χ2n) is 8.04. The quantitative estimate of drug-likeness (QED) is 0.534. The van der Waals surface area contributed by atoms with E-state index in [9.17, 15) is 4.79 Å². The maximum absolute atomic E-state index is 12.7. The van der Waals surface area contributed by atoms with Crippen molar-refractivity contribution in [2.24, 2.45) is 0 Å². The normalized spacial score (nSPS) is 14.8. The molecule has 32 heavy (non-hydrogen) atoms. The predicted molar refractivity (Wildman–Crippen MR) is 126 cm³/mol. The van der Waals surface area contributed by atoms with Crippen molar-refractivity contribution in [1.29, 1.82) is 5.26 Å². The molecule has 0 aliphatic carbocycles. The summed E-state index contributed by atoms with van der Waals surface area (Å²) in [7, 11) is 5.41. The molecule has 2 aromatic rings. The van der Waals surface area contributed by atoms with Crippen molar-refractivity contribution in [2.45, 2.75) is 19.3 Å². The van der Waals surface area contributed by atoms with Gasteiger partial charge in [0.15, 0.2) is 11.5 Å². The number of rotatable bonds is 10. The van der Waals surface area contributed by atoms with Crippen LogP contribution in [0.5, 0.6) is 11.5 Å². The Morgan fingerprint density at radius 1 is 1.09 bits per heavy atom. The fourth-order valence-electron chi connectivity index (χ4n) is 3.87. The van der Waals surface area contributed by atoms with Crippen molar-refractivity contribution < 1.29 is 14.3 Å². The Hall–Kier alpha value is -3.30. The molecule has 0 aromatic heterocycles. The minimum atomic E-state index is 0.127. The average Bonchev–Trinajstić information content (AvgIpc) is 3.17. The third-order valence-electron chi connectivity index (χ3n) is 5.79. The van der Waals surface area contributed by atoms with Crippen LogP contribution in [0.25, 0.3) is 6.08 Å². The Kier molecular flexibility index (Phi) is 8.29. The van der Waals surface area contributed by atoms with E-state index in [1.165, 1.54) is 5.56 Å². The van der Waals surface area contributed by atoms with Crippen molar-refractivity contribution in [2.75, 3.05) is 47.4 Å². The molecule has 2 aromatic carbocycles. The van der Waals surface area contributed by atoms with Gasteiger partial charge in [-0.05, 0) is 74.3 Å². The number of methoxy groups -OCH3 is 2. The van der Waals surface area contributed by atoms with E-state index in [0.29, 0.717) is 5.56 Å². The molecule has 0 bridgehead atoms. The van der Waals surface area contributed by atoms with Crippen LogP contribution in [0.3, 0.4) is 0 Å². The maximum atomic E-state index is 12.7. The largest absolute Gasteiger partial charge is 0.493 e. The van der Waals surface area contributed by atoms with Gasteiger partial charge in [-0.15, -0.1) is 0 Å². The number of ether oxygens (including phenoxy) is 2. The second-order valence-corrected chi connectivity index (χ2v) is 8.04. The van der Waals surface area contributed by atoms with E-state index in [2.05, 4.69) is 24.1 Å². The van der Waals surface area contributed by atoms with Gasteiger partial charge in [0, 0.05) is 25.2 Å². The first-order valence-electron chi connectivity index (χ1n) is 10.9. The summed E-state index contributed by atoms with van der Waals surface area (Å²) in [6.45, 7) is 3.42. The van der Waals surface area contributed by atoms with Gasteiger partial charge in [-0.1, -0.05) is 18.2 Å². The Morgan fingerprint density at radius 2 is 1.84 bits per heavy atom. The summed E-state index contributed by atoms with van der Waals surface area (Å²) < 4.78 is 10.7. The highest BCUT2D eigenvalue weighted by Crippen LogP contribution is 2.27. The lowest BCUT2D eigenvalue weighted by molar-refractivity contribution is -0.124. The van der Waals surface area contributed by atoms with Crippen LogP contribution in [-0.2, 0) is 11.2 Å². The number of carbonyl (C=O) groups is 1. The van der Waals surface area contributed by atoms with Crippen LogP contribution in [0, 0.1) is 11.3 Å². The second kappa shape index (κ2) is 11.4. The first kappa shape index (κ1) is 23.4. The minimum Gasteiger partial charge on any atom is -0.493 e. The van der Waals surface area contributed by atoms with E-state index in [-0.39, 0.29) is 5.91 Å². The molecule has 0 atom stereocenters. The molecule has 6 heteroatoms. The Bertz CT molecular complexity index is 992. The van der Waals surface area contributed by atoms with Crippen LogP contribution in [0.4, 0.5) is 0 Å². The van der Waals surface area contributed by atoms with Gasteiger partial charge in [0.1, 0.15) is 0 Å². The first-order valence-corrected chi connectivity index (χ1v) is 10.9. The molecule has 1 fully saturated rings. The molecular formula is C26H31N3O3. The lowest BCUT2D eigenvalue weighted by atomic mass is 10.1. The number of likely N-dealkylation sites (N-methyl/N-ethyl adjacent to an activating group) is 1. The van der Waals surface area contributed by atoms with Gasteiger partial charge < -0.3 is 19.3 Å². The highest BCUT2D eigenvalue weighted by atomic mass is 16.5. The molecule has 0 spiro atoms. The van der Waals surface area contributed by atoms with Gasteiger partial charge in [-0.3, -0.25) is 4.79 Å². The zero-order valence-corrected chi connectivity index (χ0v) is 19.1. The highest BCUT2D eigenvalue weighted by molar-refractivity contribution is 5.99. The topological polar surface area (TPSA) is 65.8 Å². The van der Waals surface area contributed by atoms with Crippen LogP contribution >= 0.6 is 0 Å². The molecule has 168 valence electrons. The van der Waals surface area contributed by atoms with Gasteiger partial charge in [0.05, 0.1) is 25.9 Å². The third kappa shape index (κ3) is 6.12. The van der Waals surface area contributed by atoms with Crippen LogP contribution in [0.15, 0.2) is 48.0 Å². The molecule has 0 unspecified atom stereocenters. The molecule has 1 heterocycles. The Labute approximate surface area is 190 Å². The zero-order chi connectivity index (χ0) is 22.9. The summed E-state index contributed by atoms with van der Waals surface area (Å²) >= 11 is 0. The van der Waals surface area contributed by atoms with Gasteiger partial charge in [0.2, 0.25) is 5.91 Å². The van der Waals surface area contributed by atoms with Crippen molar-refractivity contribution >= 4 is 12.0 Å². The molecule has 1 amide bonds. The van der Waals surface area contributed by atoms with E-state index in [1.54, 1.807) is 26.4 Å².